The minimum atomic E-state index is 1.20. The SMILES string of the molecule is CCCCCCCCCCCCCCCc1n(CCCCCCCCCCCCCC)cc[n+]1CCCC. The third kappa shape index (κ3) is 20.2. The second-order valence-electron chi connectivity index (χ2n) is 12.3. The molecule has 0 saturated heterocycles. The number of rotatable bonds is 30. The van der Waals surface area contributed by atoms with E-state index in [-0.39, 0.29) is 0 Å². The van der Waals surface area contributed by atoms with E-state index in [2.05, 4.69) is 42.3 Å². The first-order valence-corrected chi connectivity index (χ1v) is 17.9. The van der Waals surface area contributed by atoms with Crippen molar-refractivity contribution in [3.05, 3.63) is 18.2 Å². The lowest BCUT2D eigenvalue weighted by molar-refractivity contribution is -0.704. The Kier molecular flexibility index (Phi) is 25.7. The van der Waals surface area contributed by atoms with Crippen molar-refractivity contribution in [2.75, 3.05) is 0 Å². The minimum Gasteiger partial charge on any atom is -0.234 e. The molecule has 1 aromatic heterocycles. The van der Waals surface area contributed by atoms with Crippen LogP contribution >= 0.6 is 0 Å². The molecule has 2 heteroatoms. The first-order chi connectivity index (χ1) is 18.8. The summed E-state index contributed by atoms with van der Waals surface area (Å²) in [4.78, 5) is 0. The zero-order valence-corrected chi connectivity index (χ0v) is 26.8. The molecule has 224 valence electrons. The quantitative estimate of drug-likeness (QED) is 0.0689. The molecule has 0 aliphatic rings. The van der Waals surface area contributed by atoms with Gasteiger partial charge in [0, 0.05) is 6.42 Å². The maximum absolute atomic E-state index is 2.60. The highest BCUT2D eigenvalue weighted by atomic mass is 15.1. The van der Waals surface area contributed by atoms with E-state index in [0.717, 1.165) is 0 Å². The number of hydrogen-bond acceptors (Lipinski definition) is 0. The first-order valence-electron chi connectivity index (χ1n) is 17.9. The molecule has 0 saturated carbocycles. The van der Waals surface area contributed by atoms with E-state index >= 15 is 0 Å². The number of aryl methyl sites for hydroxylation is 2. The molecule has 0 fully saturated rings. The van der Waals surface area contributed by atoms with Gasteiger partial charge in [-0.15, -0.1) is 0 Å². The third-order valence-electron chi connectivity index (χ3n) is 8.60. The van der Waals surface area contributed by atoms with Crippen LogP contribution in [0.3, 0.4) is 0 Å². The summed E-state index contributed by atoms with van der Waals surface area (Å²) in [6.45, 7) is 9.36. The molecule has 0 aliphatic carbocycles. The van der Waals surface area contributed by atoms with Crippen molar-refractivity contribution in [3.8, 4) is 0 Å². The van der Waals surface area contributed by atoms with Crippen molar-refractivity contribution in [3.63, 3.8) is 0 Å². The summed E-state index contributed by atoms with van der Waals surface area (Å²) in [6.07, 6.45) is 44.5. The van der Waals surface area contributed by atoms with Crippen LogP contribution in [0.25, 0.3) is 0 Å². The summed E-state index contributed by atoms with van der Waals surface area (Å²) in [5, 5.41) is 0. The van der Waals surface area contributed by atoms with E-state index in [1.165, 1.54) is 193 Å². The van der Waals surface area contributed by atoms with E-state index in [1.54, 1.807) is 5.82 Å². The van der Waals surface area contributed by atoms with E-state index in [4.69, 9.17) is 0 Å². The van der Waals surface area contributed by atoms with Crippen LogP contribution in [0.15, 0.2) is 12.4 Å². The van der Waals surface area contributed by atoms with Crippen LogP contribution in [0.1, 0.15) is 200 Å². The molecule has 0 unspecified atom stereocenters. The summed E-state index contributed by atoms with van der Waals surface area (Å²) in [7, 11) is 0. The van der Waals surface area contributed by atoms with E-state index in [0.29, 0.717) is 0 Å². The van der Waals surface area contributed by atoms with Gasteiger partial charge in [-0.1, -0.05) is 168 Å². The molecule has 0 aromatic carbocycles. The number of unbranched alkanes of at least 4 members (excludes halogenated alkanes) is 24. The molecule has 38 heavy (non-hydrogen) atoms. The Hall–Kier alpha value is -0.790. The van der Waals surface area contributed by atoms with E-state index in [1.807, 2.05) is 0 Å². The van der Waals surface area contributed by atoms with Crippen molar-refractivity contribution < 1.29 is 4.57 Å². The second-order valence-corrected chi connectivity index (χ2v) is 12.3. The zero-order chi connectivity index (χ0) is 27.4. The number of nitrogens with zero attached hydrogens (tertiary/aromatic N) is 2. The number of aromatic nitrogens is 2. The summed E-state index contributed by atoms with van der Waals surface area (Å²) >= 11 is 0. The van der Waals surface area contributed by atoms with Crippen molar-refractivity contribution in [1.29, 1.82) is 0 Å². The van der Waals surface area contributed by atoms with Gasteiger partial charge in [-0.25, -0.2) is 9.13 Å². The predicted molar refractivity (Wildman–Crippen MR) is 170 cm³/mol. The highest BCUT2D eigenvalue weighted by molar-refractivity contribution is 4.84. The van der Waals surface area contributed by atoms with Crippen molar-refractivity contribution in [1.82, 2.24) is 4.57 Å². The Morgan fingerprint density at radius 1 is 0.447 bits per heavy atom. The second kappa shape index (κ2) is 27.8. The highest BCUT2D eigenvalue weighted by Gasteiger charge is 2.16. The monoisotopic (exact) mass is 532 g/mol. The van der Waals surface area contributed by atoms with Crippen LogP contribution in [-0.4, -0.2) is 4.57 Å². The summed E-state index contributed by atoms with van der Waals surface area (Å²) in [6, 6.07) is 0. The van der Waals surface area contributed by atoms with E-state index in [9.17, 15) is 0 Å². The largest absolute Gasteiger partial charge is 0.256 e. The molecule has 2 nitrogen and oxygen atoms in total. The standard InChI is InChI=1S/C36H71N2/c1-4-7-10-12-14-16-18-20-21-23-25-27-29-31-36-37(32-9-6-3)34-35-38(36)33-30-28-26-24-22-19-17-15-13-11-8-5-2/h34-35H,4-33H2,1-3H3/q+1. The van der Waals surface area contributed by atoms with Gasteiger partial charge in [-0.2, -0.15) is 0 Å². The van der Waals surface area contributed by atoms with Crippen molar-refractivity contribution in [2.45, 2.75) is 214 Å². The molecule has 0 spiro atoms. The van der Waals surface area contributed by atoms with Crippen LogP contribution in [0.4, 0.5) is 0 Å². The van der Waals surface area contributed by atoms with Gasteiger partial charge in [0.1, 0.15) is 12.4 Å². The number of hydrogen-bond donors (Lipinski definition) is 0. The van der Waals surface area contributed by atoms with Gasteiger partial charge in [0.15, 0.2) is 0 Å². The Morgan fingerprint density at radius 3 is 1.24 bits per heavy atom. The van der Waals surface area contributed by atoms with Crippen LogP contribution in [0, 0.1) is 0 Å². The Balaban J connectivity index is 2.13. The Morgan fingerprint density at radius 2 is 0.816 bits per heavy atom. The molecule has 1 rings (SSSR count). The van der Waals surface area contributed by atoms with Crippen LogP contribution in [-0.2, 0) is 19.5 Å². The maximum atomic E-state index is 2.60. The van der Waals surface area contributed by atoms with E-state index < -0.39 is 0 Å². The molecular formula is C36H71N2+. The molecule has 0 radical (unpaired) electrons. The molecule has 0 bridgehead atoms. The van der Waals surface area contributed by atoms with Gasteiger partial charge >= 0.3 is 0 Å². The smallest absolute Gasteiger partial charge is 0.234 e. The van der Waals surface area contributed by atoms with Crippen molar-refractivity contribution >= 4 is 0 Å². The van der Waals surface area contributed by atoms with Gasteiger partial charge in [-0.05, 0) is 25.7 Å². The van der Waals surface area contributed by atoms with Crippen LogP contribution in [0.2, 0.25) is 0 Å². The van der Waals surface area contributed by atoms with Crippen LogP contribution in [0.5, 0.6) is 0 Å². The fraction of sp³-hybridized carbons (Fsp3) is 0.917. The first kappa shape index (κ1) is 35.2. The summed E-state index contributed by atoms with van der Waals surface area (Å²) in [5.74, 6) is 1.60. The summed E-state index contributed by atoms with van der Waals surface area (Å²) < 4.78 is 5.18. The summed E-state index contributed by atoms with van der Waals surface area (Å²) in [5.41, 5.74) is 0. The zero-order valence-electron chi connectivity index (χ0n) is 26.8. The fourth-order valence-corrected chi connectivity index (χ4v) is 5.94. The lowest BCUT2D eigenvalue weighted by Gasteiger charge is -2.07. The molecule has 0 amide bonds. The van der Waals surface area contributed by atoms with Crippen molar-refractivity contribution in [2.24, 2.45) is 0 Å². The Bertz CT molecular complexity index is 590. The van der Waals surface area contributed by atoms with Gasteiger partial charge in [0.05, 0.1) is 13.1 Å². The highest BCUT2D eigenvalue weighted by Crippen LogP contribution is 2.15. The van der Waals surface area contributed by atoms with Gasteiger partial charge < -0.3 is 0 Å². The maximum Gasteiger partial charge on any atom is 0.256 e. The molecule has 1 heterocycles. The van der Waals surface area contributed by atoms with Gasteiger partial charge in [0.2, 0.25) is 0 Å². The molecule has 1 aromatic rings. The third-order valence-corrected chi connectivity index (χ3v) is 8.60. The molecular weight excluding hydrogens is 460 g/mol. The minimum absolute atomic E-state index is 1.20. The van der Waals surface area contributed by atoms with Crippen LogP contribution < -0.4 is 4.57 Å². The number of imidazole rings is 1. The Labute approximate surface area is 240 Å². The topological polar surface area (TPSA) is 8.81 Å². The molecule has 0 N–H and O–H groups in total. The molecule has 0 aliphatic heterocycles. The predicted octanol–water partition coefficient (Wildman–Crippen LogP) is 11.9. The average Bonchev–Trinajstić information content (AvgIpc) is 3.31. The average molecular weight is 532 g/mol. The lowest BCUT2D eigenvalue weighted by atomic mass is 10.0. The van der Waals surface area contributed by atoms with Gasteiger partial charge in [-0.3, -0.25) is 0 Å². The fourth-order valence-electron chi connectivity index (χ4n) is 5.94. The van der Waals surface area contributed by atoms with Gasteiger partial charge in [0.25, 0.3) is 5.82 Å². The molecule has 0 atom stereocenters. The lowest BCUT2D eigenvalue weighted by Crippen LogP contribution is -2.37. The normalized spacial score (nSPS) is 11.6.